The predicted molar refractivity (Wildman–Crippen MR) is 108 cm³/mol. The van der Waals surface area contributed by atoms with Crippen molar-refractivity contribution in [2.45, 2.75) is 6.42 Å². The first kappa shape index (κ1) is 20.2. The molecule has 1 N–H and O–H groups in total. The van der Waals surface area contributed by atoms with Crippen LogP contribution in [0.1, 0.15) is 37.5 Å². The Labute approximate surface area is 173 Å². The van der Waals surface area contributed by atoms with Crippen LogP contribution in [0.25, 0.3) is 0 Å². The summed E-state index contributed by atoms with van der Waals surface area (Å²) in [7, 11) is 0. The maximum absolute atomic E-state index is 13.2. The van der Waals surface area contributed by atoms with Crippen LogP contribution in [0, 0.1) is 5.82 Å². The molecule has 3 amide bonds. The summed E-state index contributed by atoms with van der Waals surface area (Å²) in [5.74, 6) is -1.76. The van der Waals surface area contributed by atoms with Crippen LogP contribution >= 0.6 is 0 Å². The number of fused-ring (bicyclic) bond motifs is 1. The Bertz CT molecular complexity index is 971. The minimum atomic E-state index is -0.524. The van der Waals surface area contributed by atoms with Gasteiger partial charge in [0.1, 0.15) is 5.82 Å². The van der Waals surface area contributed by atoms with Crippen molar-refractivity contribution in [3.8, 4) is 0 Å². The fourth-order valence-corrected chi connectivity index (χ4v) is 3.64. The van der Waals surface area contributed by atoms with Crippen LogP contribution in [-0.4, -0.2) is 62.0 Å². The largest absolute Gasteiger partial charge is 0.379 e. The molecule has 7 nitrogen and oxygen atoms in total. The van der Waals surface area contributed by atoms with Crippen molar-refractivity contribution in [1.82, 2.24) is 10.2 Å². The number of benzene rings is 2. The van der Waals surface area contributed by atoms with E-state index in [9.17, 15) is 18.8 Å². The number of imide groups is 1. The van der Waals surface area contributed by atoms with E-state index in [-0.39, 0.29) is 22.7 Å². The number of nitrogens with one attached hydrogen (secondary N) is 1. The van der Waals surface area contributed by atoms with Crippen LogP contribution in [0.4, 0.5) is 10.1 Å². The second kappa shape index (κ2) is 8.73. The van der Waals surface area contributed by atoms with Gasteiger partial charge in [-0.15, -0.1) is 0 Å². The van der Waals surface area contributed by atoms with E-state index in [1.165, 1.54) is 42.5 Å². The van der Waals surface area contributed by atoms with Gasteiger partial charge in [-0.05, 0) is 55.4 Å². The Kier molecular flexibility index (Phi) is 5.87. The van der Waals surface area contributed by atoms with Gasteiger partial charge < -0.3 is 10.1 Å². The highest BCUT2D eigenvalue weighted by molar-refractivity contribution is 6.34. The molecule has 2 aliphatic rings. The molecule has 1 fully saturated rings. The predicted octanol–water partition coefficient (Wildman–Crippen LogP) is 2.08. The van der Waals surface area contributed by atoms with Gasteiger partial charge in [-0.1, -0.05) is 0 Å². The average molecular weight is 411 g/mol. The molecule has 2 aliphatic heterocycles. The van der Waals surface area contributed by atoms with Gasteiger partial charge in [-0.2, -0.15) is 0 Å². The first-order chi connectivity index (χ1) is 14.5. The number of halogens is 1. The number of rotatable bonds is 6. The molecule has 1 saturated heterocycles. The monoisotopic (exact) mass is 411 g/mol. The summed E-state index contributed by atoms with van der Waals surface area (Å²) in [4.78, 5) is 41.2. The molecule has 30 heavy (non-hydrogen) atoms. The van der Waals surface area contributed by atoms with Crippen LogP contribution in [0.5, 0.6) is 0 Å². The van der Waals surface area contributed by atoms with E-state index in [4.69, 9.17) is 4.74 Å². The van der Waals surface area contributed by atoms with Crippen molar-refractivity contribution in [2.75, 3.05) is 44.3 Å². The SMILES string of the molecule is O=C(NCCCN1CCOCC1)c1ccc2c(c1)C(=O)N(c1ccc(F)cc1)C2=O. The molecule has 0 atom stereocenters. The topological polar surface area (TPSA) is 79.0 Å². The van der Waals surface area contributed by atoms with Gasteiger partial charge >= 0.3 is 0 Å². The Hall–Kier alpha value is -3.10. The quantitative estimate of drug-likeness (QED) is 0.582. The van der Waals surface area contributed by atoms with E-state index < -0.39 is 17.6 Å². The first-order valence-corrected chi connectivity index (χ1v) is 9.91. The Morgan fingerprint density at radius 1 is 1.00 bits per heavy atom. The molecule has 2 aromatic carbocycles. The summed E-state index contributed by atoms with van der Waals surface area (Å²) in [6, 6.07) is 9.59. The van der Waals surface area contributed by atoms with Crippen LogP contribution in [-0.2, 0) is 4.74 Å². The number of nitrogens with zero attached hydrogens (tertiary/aromatic N) is 2. The molecule has 0 radical (unpaired) electrons. The summed E-state index contributed by atoms with van der Waals surface area (Å²) in [5.41, 5.74) is 1.01. The van der Waals surface area contributed by atoms with Gasteiger partial charge in [0.05, 0.1) is 30.0 Å². The molecule has 2 aromatic rings. The molecule has 0 saturated carbocycles. The van der Waals surface area contributed by atoms with Crippen molar-refractivity contribution in [2.24, 2.45) is 0 Å². The second-order valence-electron chi connectivity index (χ2n) is 7.25. The van der Waals surface area contributed by atoms with E-state index in [1.54, 1.807) is 0 Å². The van der Waals surface area contributed by atoms with E-state index in [0.717, 1.165) is 44.2 Å². The minimum Gasteiger partial charge on any atom is -0.379 e. The molecule has 4 rings (SSSR count). The molecule has 0 bridgehead atoms. The van der Waals surface area contributed by atoms with Gasteiger partial charge in [0.25, 0.3) is 17.7 Å². The summed E-state index contributed by atoms with van der Waals surface area (Å²) < 4.78 is 18.5. The third kappa shape index (κ3) is 4.10. The smallest absolute Gasteiger partial charge is 0.266 e. The second-order valence-corrected chi connectivity index (χ2v) is 7.25. The summed E-state index contributed by atoms with van der Waals surface area (Å²) in [6.07, 6.45) is 0.812. The van der Waals surface area contributed by atoms with Crippen molar-refractivity contribution in [3.63, 3.8) is 0 Å². The molecule has 0 unspecified atom stereocenters. The molecule has 2 heterocycles. The third-order valence-corrected chi connectivity index (χ3v) is 5.27. The number of hydrogen-bond acceptors (Lipinski definition) is 5. The highest BCUT2D eigenvalue weighted by atomic mass is 19.1. The van der Waals surface area contributed by atoms with E-state index in [1.807, 2.05) is 0 Å². The van der Waals surface area contributed by atoms with E-state index >= 15 is 0 Å². The molecule has 0 aliphatic carbocycles. The Balaban J connectivity index is 1.39. The number of morpholine rings is 1. The number of hydrogen-bond donors (Lipinski definition) is 1. The van der Waals surface area contributed by atoms with Crippen molar-refractivity contribution in [3.05, 3.63) is 65.0 Å². The van der Waals surface area contributed by atoms with Gasteiger partial charge in [0.2, 0.25) is 0 Å². The molecule has 0 spiro atoms. The van der Waals surface area contributed by atoms with Gasteiger partial charge in [-0.25, -0.2) is 9.29 Å². The average Bonchev–Trinajstić information content (AvgIpc) is 3.02. The zero-order valence-electron chi connectivity index (χ0n) is 16.4. The van der Waals surface area contributed by atoms with Crippen LogP contribution in [0.3, 0.4) is 0 Å². The fourth-order valence-electron chi connectivity index (χ4n) is 3.64. The molecule has 156 valence electrons. The lowest BCUT2D eigenvalue weighted by atomic mass is 10.1. The fraction of sp³-hybridized carbons (Fsp3) is 0.318. The maximum Gasteiger partial charge on any atom is 0.266 e. The van der Waals surface area contributed by atoms with Crippen LogP contribution in [0.2, 0.25) is 0 Å². The number of carbonyl (C=O) groups excluding carboxylic acids is 3. The maximum atomic E-state index is 13.2. The number of carbonyl (C=O) groups is 3. The van der Waals surface area contributed by atoms with E-state index in [2.05, 4.69) is 10.2 Å². The molecular weight excluding hydrogens is 389 g/mol. The van der Waals surface area contributed by atoms with Crippen molar-refractivity contribution < 1.29 is 23.5 Å². The zero-order chi connectivity index (χ0) is 21.1. The molecule has 0 aromatic heterocycles. The highest BCUT2D eigenvalue weighted by Gasteiger charge is 2.37. The van der Waals surface area contributed by atoms with Gasteiger partial charge in [0, 0.05) is 25.2 Å². The van der Waals surface area contributed by atoms with Crippen LogP contribution < -0.4 is 10.2 Å². The normalized spacial score (nSPS) is 16.6. The lowest BCUT2D eigenvalue weighted by Crippen LogP contribution is -2.38. The summed E-state index contributed by atoms with van der Waals surface area (Å²) in [6.45, 7) is 4.68. The Morgan fingerprint density at radius 2 is 1.70 bits per heavy atom. The minimum absolute atomic E-state index is 0.172. The lowest BCUT2D eigenvalue weighted by molar-refractivity contribution is 0.0374. The van der Waals surface area contributed by atoms with Crippen molar-refractivity contribution in [1.29, 1.82) is 0 Å². The lowest BCUT2D eigenvalue weighted by Gasteiger charge is -2.26. The third-order valence-electron chi connectivity index (χ3n) is 5.27. The number of anilines is 1. The highest BCUT2D eigenvalue weighted by Crippen LogP contribution is 2.29. The Morgan fingerprint density at radius 3 is 2.43 bits per heavy atom. The van der Waals surface area contributed by atoms with E-state index in [0.29, 0.717) is 12.1 Å². The first-order valence-electron chi connectivity index (χ1n) is 9.91. The van der Waals surface area contributed by atoms with Crippen molar-refractivity contribution >= 4 is 23.4 Å². The zero-order valence-corrected chi connectivity index (χ0v) is 16.4. The number of amides is 3. The standard InChI is InChI=1S/C22H22FN3O4/c23-16-3-5-17(6-4-16)26-21(28)18-7-2-15(14-19(18)22(26)29)20(27)24-8-1-9-25-10-12-30-13-11-25/h2-7,14H,1,8-13H2,(H,24,27). The van der Waals surface area contributed by atoms with Crippen LogP contribution in [0.15, 0.2) is 42.5 Å². The molecule has 8 heteroatoms. The van der Waals surface area contributed by atoms with Gasteiger partial charge in [-0.3, -0.25) is 19.3 Å². The number of ether oxygens (including phenoxy) is 1. The summed E-state index contributed by atoms with van der Waals surface area (Å²) >= 11 is 0. The van der Waals surface area contributed by atoms with Gasteiger partial charge in [0.15, 0.2) is 0 Å². The summed E-state index contributed by atoms with van der Waals surface area (Å²) in [5, 5.41) is 2.86. The molecular formula is C22H22FN3O4.